The molecule has 0 unspecified atom stereocenters. The SMILES string of the molecule is C#CCOc1c(I)cc(C(C)(C)C)cc1C(=O)O. The van der Waals surface area contributed by atoms with E-state index in [1.807, 2.05) is 26.8 Å². The van der Waals surface area contributed by atoms with E-state index in [4.69, 9.17) is 11.2 Å². The van der Waals surface area contributed by atoms with Crippen LogP contribution < -0.4 is 4.74 Å². The minimum absolute atomic E-state index is 0.0607. The first-order valence-electron chi connectivity index (χ1n) is 5.41. The van der Waals surface area contributed by atoms with Crippen LogP contribution in [0.2, 0.25) is 0 Å². The summed E-state index contributed by atoms with van der Waals surface area (Å²) in [6.45, 7) is 6.16. The smallest absolute Gasteiger partial charge is 0.339 e. The molecule has 0 saturated heterocycles. The summed E-state index contributed by atoms with van der Waals surface area (Å²) in [7, 11) is 0. The van der Waals surface area contributed by atoms with Crippen molar-refractivity contribution in [1.82, 2.24) is 0 Å². The Bertz CT molecular complexity index is 507. The molecule has 3 nitrogen and oxygen atoms in total. The van der Waals surface area contributed by atoms with Gasteiger partial charge < -0.3 is 9.84 Å². The Balaban J connectivity index is 3.37. The second-order valence-electron chi connectivity index (χ2n) is 4.88. The highest BCUT2D eigenvalue weighted by molar-refractivity contribution is 14.1. The lowest BCUT2D eigenvalue weighted by molar-refractivity contribution is 0.0692. The summed E-state index contributed by atoms with van der Waals surface area (Å²) in [4.78, 5) is 11.3. The average Bonchev–Trinajstić information content (AvgIpc) is 2.25. The van der Waals surface area contributed by atoms with Crippen LogP contribution in [0.5, 0.6) is 5.75 Å². The summed E-state index contributed by atoms with van der Waals surface area (Å²) in [6, 6.07) is 3.58. The first-order chi connectivity index (χ1) is 8.27. The Labute approximate surface area is 121 Å². The fraction of sp³-hybridized carbons (Fsp3) is 0.357. The fourth-order valence-electron chi connectivity index (χ4n) is 1.45. The van der Waals surface area contributed by atoms with Crippen LogP contribution in [0.15, 0.2) is 12.1 Å². The third-order valence-corrected chi connectivity index (χ3v) is 3.24. The summed E-state index contributed by atoms with van der Waals surface area (Å²) in [5.74, 6) is 1.67. The maximum Gasteiger partial charge on any atom is 0.339 e. The predicted molar refractivity (Wildman–Crippen MR) is 79.1 cm³/mol. The molecule has 1 aromatic rings. The number of carbonyl (C=O) groups is 1. The highest BCUT2D eigenvalue weighted by Gasteiger charge is 2.21. The Morgan fingerprint density at radius 1 is 1.50 bits per heavy atom. The zero-order valence-corrected chi connectivity index (χ0v) is 12.7. The minimum atomic E-state index is -1.01. The molecular weight excluding hydrogens is 343 g/mol. The van der Waals surface area contributed by atoms with Crippen molar-refractivity contribution in [3.63, 3.8) is 0 Å². The second-order valence-corrected chi connectivity index (χ2v) is 6.04. The van der Waals surface area contributed by atoms with E-state index in [1.165, 1.54) is 0 Å². The van der Waals surface area contributed by atoms with Gasteiger partial charge in [0.05, 0.1) is 3.57 Å². The van der Waals surface area contributed by atoms with E-state index in [0.29, 0.717) is 5.75 Å². The van der Waals surface area contributed by atoms with Crippen molar-refractivity contribution in [3.8, 4) is 18.1 Å². The van der Waals surface area contributed by atoms with Crippen LogP contribution in [-0.2, 0) is 5.41 Å². The first-order valence-corrected chi connectivity index (χ1v) is 6.49. The summed E-state index contributed by atoms with van der Waals surface area (Å²) >= 11 is 2.07. The molecule has 0 spiro atoms. The number of carboxylic acids is 1. The number of rotatable bonds is 3. The predicted octanol–water partition coefficient (Wildman–Crippen LogP) is 3.30. The lowest BCUT2D eigenvalue weighted by Gasteiger charge is -2.21. The molecule has 0 amide bonds. The topological polar surface area (TPSA) is 46.5 Å². The molecule has 0 atom stereocenters. The number of terminal acetylenes is 1. The molecule has 0 aromatic heterocycles. The zero-order valence-electron chi connectivity index (χ0n) is 10.6. The highest BCUT2D eigenvalue weighted by Crippen LogP contribution is 2.32. The highest BCUT2D eigenvalue weighted by atomic mass is 127. The third kappa shape index (κ3) is 3.39. The summed E-state index contributed by atoms with van der Waals surface area (Å²) < 4.78 is 6.08. The zero-order chi connectivity index (χ0) is 13.9. The second kappa shape index (κ2) is 5.61. The Morgan fingerprint density at radius 3 is 2.56 bits per heavy atom. The molecule has 18 heavy (non-hydrogen) atoms. The standard InChI is InChI=1S/C14H15IO3/c1-5-6-18-12-10(13(16)17)7-9(8-11(12)15)14(2,3)4/h1,7-8H,6H2,2-4H3,(H,16,17). The molecule has 0 radical (unpaired) electrons. The van der Waals surface area contributed by atoms with Crippen molar-refractivity contribution >= 4 is 28.6 Å². The van der Waals surface area contributed by atoms with Crippen LogP contribution in [0.1, 0.15) is 36.7 Å². The Kier molecular flexibility index (Phi) is 4.63. The molecule has 0 aliphatic rings. The van der Waals surface area contributed by atoms with Gasteiger partial charge in [-0.15, -0.1) is 6.42 Å². The van der Waals surface area contributed by atoms with E-state index < -0.39 is 5.97 Å². The van der Waals surface area contributed by atoms with Crippen molar-refractivity contribution in [1.29, 1.82) is 0 Å². The quantitative estimate of drug-likeness (QED) is 0.666. The van der Waals surface area contributed by atoms with Crippen LogP contribution in [0.4, 0.5) is 0 Å². The van der Waals surface area contributed by atoms with Crippen molar-refractivity contribution in [2.24, 2.45) is 0 Å². The van der Waals surface area contributed by atoms with E-state index in [0.717, 1.165) is 9.13 Å². The van der Waals surface area contributed by atoms with Crippen molar-refractivity contribution < 1.29 is 14.6 Å². The molecule has 4 heteroatoms. The van der Waals surface area contributed by atoms with Crippen molar-refractivity contribution in [2.75, 3.05) is 6.61 Å². The third-order valence-electron chi connectivity index (χ3n) is 2.44. The lowest BCUT2D eigenvalue weighted by atomic mass is 9.86. The van der Waals surface area contributed by atoms with Gasteiger partial charge in [-0.25, -0.2) is 4.79 Å². The van der Waals surface area contributed by atoms with Crippen molar-refractivity contribution in [2.45, 2.75) is 26.2 Å². The molecule has 0 aliphatic heterocycles. The van der Waals surface area contributed by atoms with Crippen LogP contribution in [0.3, 0.4) is 0 Å². The van der Waals surface area contributed by atoms with Gasteiger partial charge in [-0.2, -0.15) is 0 Å². The molecular formula is C14H15IO3. The molecule has 96 valence electrons. The first kappa shape index (κ1) is 14.8. The number of ether oxygens (including phenoxy) is 1. The average molecular weight is 358 g/mol. The Hall–Kier alpha value is -1.22. The number of benzene rings is 1. The number of halogens is 1. The molecule has 0 fully saturated rings. The van der Waals surface area contributed by atoms with Gasteiger partial charge in [-0.05, 0) is 45.7 Å². The number of hydrogen-bond acceptors (Lipinski definition) is 2. The van der Waals surface area contributed by atoms with Gasteiger partial charge in [0.1, 0.15) is 17.9 Å². The lowest BCUT2D eigenvalue weighted by Crippen LogP contribution is -2.14. The molecule has 0 aliphatic carbocycles. The summed E-state index contributed by atoms with van der Waals surface area (Å²) in [6.07, 6.45) is 5.13. The molecule has 0 heterocycles. The molecule has 0 bridgehead atoms. The van der Waals surface area contributed by atoms with Gasteiger partial charge in [0.15, 0.2) is 0 Å². The van der Waals surface area contributed by atoms with Gasteiger partial charge in [-0.3, -0.25) is 0 Å². The van der Waals surface area contributed by atoms with E-state index in [9.17, 15) is 9.90 Å². The van der Waals surface area contributed by atoms with Crippen LogP contribution >= 0.6 is 22.6 Å². The largest absolute Gasteiger partial charge is 0.479 e. The van der Waals surface area contributed by atoms with Crippen LogP contribution in [0.25, 0.3) is 0 Å². The van der Waals surface area contributed by atoms with E-state index in [1.54, 1.807) is 6.07 Å². The van der Waals surface area contributed by atoms with Gasteiger partial charge in [0.2, 0.25) is 0 Å². The number of aromatic carboxylic acids is 1. The number of carboxylic acid groups (broad SMARTS) is 1. The fourth-order valence-corrected chi connectivity index (χ4v) is 2.23. The van der Waals surface area contributed by atoms with Crippen molar-refractivity contribution in [3.05, 3.63) is 26.8 Å². The summed E-state index contributed by atoms with van der Waals surface area (Å²) in [5.41, 5.74) is 0.994. The molecule has 1 aromatic carbocycles. The van der Waals surface area contributed by atoms with E-state index >= 15 is 0 Å². The maximum atomic E-state index is 11.3. The molecule has 1 rings (SSSR count). The van der Waals surface area contributed by atoms with Gasteiger partial charge in [-0.1, -0.05) is 26.7 Å². The van der Waals surface area contributed by atoms with Gasteiger partial charge in [0, 0.05) is 0 Å². The van der Waals surface area contributed by atoms with Gasteiger partial charge >= 0.3 is 5.97 Å². The van der Waals surface area contributed by atoms with Gasteiger partial charge in [0.25, 0.3) is 0 Å². The monoisotopic (exact) mass is 358 g/mol. The normalized spacial score (nSPS) is 10.8. The number of hydrogen-bond donors (Lipinski definition) is 1. The van der Waals surface area contributed by atoms with E-state index in [2.05, 4.69) is 28.5 Å². The maximum absolute atomic E-state index is 11.3. The van der Waals surface area contributed by atoms with Crippen LogP contribution in [-0.4, -0.2) is 17.7 Å². The minimum Gasteiger partial charge on any atom is -0.479 e. The Morgan fingerprint density at radius 2 is 2.11 bits per heavy atom. The summed E-state index contributed by atoms with van der Waals surface area (Å²) in [5, 5.41) is 9.24. The molecule has 0 saturated carbocycles. The van der Waals surface area contributed by atoms with Crippen LogP contribution in [0, 0.1) is 15.9 Å². The molecule has 1 N–H and O–H groups in total. The van der Waals surface area contributed by atoms with E-state index in [-0.39, 0.29) is 17.6 Å².